The van der Waals surface area contributed by atoms with Gasteiger partial charge in [-0.3, -0.25) is 0 Å². The molecule has 0 saturated carbocycles. The zero-order valence-electron chi connectivity index (χ0n) is 11.0. The number of ether oxygens (including phenoxy) is 1. The highest BCUT2D eigenvalue weighted by Gasteiger charge is 2.23. The number of aromatic nitrogens is 2. The van der Waals surface area contributed by atoms with Crippen molar-refractivity contribution in [3.63, 3.8) is 0 Å². The molecule has 0 spiro atoms. The van der Waals surface area contributed by atoms with E-state index in [1.165, 1.54) is 0 Å². The van der Waals surface area contributed by atoms with Crippen LogP contribution in [0.4, 0.5) is 5.82 Å². The van der Waals surface area contributed by atoms with Gasteiger partial charge in [-0.05, 0) is 13.8 Å². The van der Waals surface area contributed by atoms with Crippen molar-refractivity contribution in [2.24, 2.45) is 0 Å². The maximum Gasteiger partial charge on any atom is 0.343 e. The highest BCUT2D eigenvalue weighted by Crippen LogP contribution is 2.35. The fourth-order valence-electron chi connectivity index (χ4n) is 1.85. The number of nitrogens with two attached hydrogens (primary N) is 1. The van der Waals surface area contributed by atoms with Crippen LogP contribution in [0.3, 0.4) is 0 Å². The van der Waals surface area contributed by atoms with Gasteiger partial charge in [0.25, 0.3) is 0 Å². The number of nitrogen functional groups attached to an aromatic ring is 1. The summed E-state index contributed by atoms with van der Waals surface area (Å²) in [6.45, 7) is 3.84. The topological polar surface area (TPSA) is 78.1 Å². The van der Waals surface area contributed by atoms with Crippen LogP contribution < -0.4 is 5.73 Å². The largest absolute Gasteiger partial charge is 0.462 e. The first-order valence-electron chi connectivity index (χ1n) is 6.14. The quantitative estimate of drug-likeness (QED) is 0.856. The molecular weight excluding hydrogens is 282 g/mol. The van der Waals surface area contributed by atoms with Crippen molar-refractivity contribution < 1.29 is 9.53 Å². The molecule has 1 unspecified atom stereocenters. The lowest BCUT2D eigenvalue weighted by Gasteiger charge is -2.20. The minimum absolute atomic E-state index is 0.220. The predicted octanol–water partition coefficient (Wildman–Crippen LogP) is 2.07. The van der Waals surface area contributed by atoms with Gasteiger partial charge in [-0.25, -0.2) is 14.8 Å². The van der Waals surface area contributed by atoms with Crippen molar-refractivity contribution in [1.29, 1.82) is 0 Å². The molecule has 1 fully saturated rings. The van der Waals surface area contributed by atoms with Crippen molar-refractivity contribution in [2.45, 2.75) is 19.1 Å². The van der Waals surface area contributed by atoms with E-state index in [4.69, 9.17) is 10.5 Å². The smallest absolute Gasteiger partial charge is 0.343 e. The number of hydrogen-bond donors (Lipinski definition) is 1. The van der Waals surface area contributed by atoms with E-state index in [-0.39, 0.29) is 11.1 Å². The maximum atomic E-state index is 11.8. The van der Waals surface area contributed by atoms with Crippen LogP contribution >= 0.6 is 23.5 Å². The van der Waals surface area contributed by atoms with Crippen LogP contribution in [-0.4, -0.2) is 39.8 Å². The van der Waals surface area contributed by atoms with Crippen LogP contribution in [0.5, 0.6) is 0 Å². The molecule has 7 heteroatoms. The SMILES string of the molecule is CCOC(=O)c1c(C)nc(C2CSCCS2)nc1N. The number of aryl methyl sites for hydroxylation is 1. The zero-order chi connectivity index (χ0) is 13.8. The number of hydrogen-bond acceptors (Lipinski definition) is 7. The molecule has 5 nitrogen and oxygen atoms in total. The first kappa shape index (κ1) is 14.5. The summed E-state index contributed by atoms with van der Waals surface area (Å²) < 4.78 is 4.97. The van der Waals surface area contributed by atoms with Gasteiger partial charge in [0.1, 0.15) is 17.2 Å². The van der Waals surface area contributed by atoms with Gasteiger partial charge in [0.05, 0.1) is 17.6 Å². The second kappa shape index (κ2) is 6.47. The molecule has 0 aromatic carbocycles. The molecule has 0 amide bonds. The number of carbonyl (C=O) groups is 1. The number of anilines is 1. The summed E-state index contributed by atoms with van der Waals surface area (Å²) in [5.74, 6) is 3.74. The monoisotopic (exact) mass is 299 g/mol. The van der Waals surface area contributed by atoms with E-state index in [0.29, 0.717) is 17.9 Å². The van der Waals surface area contributed by atoms with Crippen LogP contribution in [0.1, 0.15) is 34.0 Å². The molecule has 2 N–H and O–H groups in total. The highest BCUT2D eigenvalue weighted by atomic mass is 32.2. The van der Waals surface area contributed by atoms with E-state index in [1.54, 1.807) is 13.8 Å². The van der Waals surface area contributed by atoms with E-state index in [9.17, 15) is 4.79 Å². The third kappa shape index (κ3) is 3.33. The number of nitrogens with zero attached hydrogens (tertiary/aromatic N) is 2. The Balaban J connectivity index is 2.27. The zero-order valence-corrected chi connectivity index (χ0v) is 12.6. The minimum Gasteiger partial charge on any atom is -0.462 e. The maximum absolute atomic E-state index is 11.8. The average molecular weight is 299 g/mol. The van der Waals surface area contributed by atoms with Gasteiger partial charge in [0.15, 0.2) is 0 Å². The Morgan fingerprint density at radius 1 is 1.47 bits per heavy atom. The Hall–Kier alpha value is -0.950. The standard InChI is InChI=1S/C12H17N3O2S2/c1-3-17-12(16)9-7(2)14-11(15-10(9)13)8-6-18-4-5-19-8/h8H,3-6H2,1-2H3,(H2,13,14,15). The number of esters is 1. The molecule has 104 valence electrons. The van der Waals surface area contributed by atoms with E-state index in [1.807, 2.05) is 23.5 Å². The second-order valence-electron chi connectivity index (χ2n) is 4.08. The fraction of sp³-hybridized carbons (Fsp3) is 0.583. The number of carbonyl (C=O) groups excluding carboxylic acids is 1. The predicted molar refractivity (Wildman–Crippen MR) is 79.7 cm³/mol. The molecule has 2 heterocycles. The van der Waals surface area contributed by atoms with Crippen LogP contribution in [-0.2, 0) is 4.74 Å². The van der Waals surface area contributed by atoms with Crippen molar-refractivity contribution in [3.05, 3.63) is 17.1 Å². The Labute approximate surface area is 121 Å². The molecular formula is C12H17N3O2S2. The van der Waals surface area contributed by atoms with Crippen molar-refractivity contribution in [3.8, 4) is 0 Å². The Morgan fingerprint density at radius 2 is 2.26 bits per heavy atom. The van der Waals surface area contributed by atoms with Gasteiger partial charge in [0, 0.05) is 17.3 Å². The average Bonchev–Trinajstić information content (AvgIpc) is 2.39. The third-order valence-electron chi connectivity index (χ3n) is 2.72. The summed E-state index contributed by atoms with van der Waals surface area (Å²) in [5, 5.41) is 0.260. The second-order valence-corrected chi connectivity index (χ2v) is 6.54. The Kier molecular flexibility index (Phi) is 4.93. The van der Waals surface area contributed by atoms with Gasteiger partial charge in [-0.2, -0.15) is 11.8 Å². The molecule has 1 atom stereocenters. The molecule has 0 bridgehead atoms. The molecule has 1 aromatic heterocycles. The minimum atomic E-state index is -0.449. The number of thioether (sulfide) groups is 2. The van der Waals surface area contributed by atoms with Gasteiger partial charge in [0.2, 0.25) is 0 Å². The van der Waals surface area contributed by atoms with E-state index >= 15 is 0 Å². The lowest BCUT2D eigenvalue weighted by atomic mass is 10.2. The molecule has 1 saturated heterocycles. The van der Waals surface area contributed by atoms with E-state index in [2.05, 4.69) is 9.97 Å². The molecule has 19 heavy (non-hydrogen) atoms. The normalized spacial score (nSPS) is 19.2. The summed E-state index contributed by atoms with van der Waals surface area (Å²) in [6, 6.07) is 0. The van der Waals surface area contributed by atoms with Crippen LogP contribution in [0.25, 0.3) is 0 Å². The van der Waals surface area contributed by atoms with E-state index in [0.717, 1.165) is 23.1 Å². The highest BCUT2D eigenvalue weighted by molar-refractivity contribution is 8.06. The van der Waals surface area contributed by atoms with Gasteiger partial charge in [-0.1, -0.05) is 0 Å². The van der Waals surface area contributed by atoms with Crippen LogP contribution in [0, 0.1) is 6.92 Å². The molecule has 2 rings (SSSR count). The summed E-state index contributed by atoms with van der Waals surface area (Å²) in [4.78, 5) is 20.5. The first-order valence-corrected chi connectivity index (χ1v) is 8.34. The first-order chi connectivity index (χ1) is 9.13. The van der Waals surface area contributed by atoms with Gasteiger partial charge >= 0.3 is 5.97 Å². The molecule has 0 radical (unpaired) electrons. The summed E-state index contributed by atoms with van der Waals surface area (Å²) in [7, 11) is 0. The van der Waals surface area contributed by atoms with Crippen LogP contribution in [0.2, 0.25) is 0 Å². The van der Waals surface area contributed by atoms with Gasteiger partial charge < -0.3 is 10.5 Å². The summed E-state index contributed by atoms with van der Waals surface area (Å²) in [6.07, 6.45) is 0. The van der Waals surface area contributed by atoms with Crippen molar-refractivity contribution in [2.75, 3.05) is 29.6 Å². The summed E-state index contributed by atoms with van der Waals surface area (Å²) in [5.41, 5.74) is 6.78. The fourth-order valence-corrected chi connectivity index (χ4v) is 4.45. The van der Waals surface area contributed by atoms with Crippen molar-refractivity contribution in [1.82, 2.24) is 9.97 Å². The molecule has 1 aromatic rings. The summed E-state index contributed by atoms with van der Waals surface area (Å²) >= 11 is 3.74. The lowest BCUT2D eigenvalue weighted by molar-refractivity contribution is 0.0525. The molecule has 1 aliphatic rings. The Morgan fingerprint density at radius 3 is 2.84 bits per heavy atom. The Bertz CT molecular complexity index is 453. The van der Waals surface area contributed by atoms with Crippen LogP contribution in [0.15, 0.2) is 0 Å². The number of rotatable bonds is 3. The van der Waals surface area contributed by atoms with Crippen molar-refractivity contribution >= 4 is 35.3 Å². The molecule has 1 aliphatic heterocycles. The van der Waals surface area contributed by atoms with E-state index < -0.39 is 5.97 Å². The molecule has 0 aliphatic carbocycles. The lowest BCUT2D eigenvalue weighted by Crippen LogP contribution is -2.17. The van der Waals surface area contributed by atoms with Gasteiger partial charge in [-0.15, -0.1) is 11.8 Å². The third-order valence-corrected chi connectivity index (χ3v) is 5.47.